The Hall–Kier alpha value is -2.35. The minimum atomic E-state index is -4.67. The van der Waals surface area contributed by atoms with Crippen molar-refractivity contribution in [3.05, 3.63) is 56.7 Å². The maximum atomic E-state index is 13.0. The molecular weight excluding hydrogens is 347 g/mol. The number of rotatable bonds is 3. The number of halogens is 4. The van der Waals surface area contributed by atoms with E-state index in [0.29, 0.717) is 11.3 Å². The fourth-order valence-corrected chi connectivity index (χ4v) is 2.16. The molecule has 1 heterocycles. The Bertz CT molecular complexity index is 847. The third-order valence-electron chi connectivity index (χ3n) is 3.39. The zero-order valence-electron chi connectivity index (χ0n) is 12.7. The molecule has 0 spiro atoms. The average Bonchev–Trinajstić information content (AvgIpc) is 2.49. The number of aromatic nitrogens is 2. The molecule has 0 saturated heterocycles. The lowest BCUT2D eigenvalue weighted by molar-refractivity contribution is -0.137. The lowest BCUT2D eigenvalue weighted by atomic mass is 10.1. The minimum Gasteiger partial charge on any atom is -0.324 e. The molecule has 1 N–H and O–H groups in total. The fourth-order valence-electron chi connectivity index (χ4n) is 1.99. The molecule has 9 heteroatoms. The molecule has 1 aromatic heterocycles. The molecule has 0 aliphatic rings. The third kappa shape index (κ3) is 3.94. The van der Waals surface area contributed by atoms with Crippen LogP contribution in [-0.4, -0.2) is 15.5 Å². The van der Waals surface area contributed by atoms with Crippen molar-refractivity contribution in [1.29, 1.82) is 0 Å². The van der Waals surface area contributed by atoms with Crippen molar-refractivity contribution in [2.24, 2.45) is 0 Å². The van der Waals surface area contributed by atoms with Crippen molar-refractivity contribution in [3.8, 4) is 0 Å². The first-order chi connectivity index (χ1) is 11.1. The minimum absolute atomic E-state index is 0.102. The quantitative estimate of drug-likeness (QED) is 0.915. The highest BCUT2D eigenvalue weighted by atomic mass is 35.5. The molecule has 0 radical (unpaired) electrons. The Morgan fingerprint density at radius 1 is 1.33 bits per heavy atom. The average molecular weight is 360 g/mol. The van der Waals surface area contributed by atoms with E-state index in [1.54, 1.807) is 13.8 Å². The summed E-state index contributed by atoms with van der Waals surface area (Å²) in [6, 6.07) is 3.02. The highest BCUT2D eigenvalue weighted by Gasteiger charge is 2.34. The molecule has 0 unspecified atom stereocenters. The number of aryl methyl sites for hydroxylation is 1. The number of carbonyl (C=O) groups excluding carboxylic acids is 1. The summed E-state index contributed by atoms with van der Waals surface area (Å²) < 4.78 is 40.0. The number of benzene rings is 1. The molecule has 5 nitrogen and oxygen atoms in total. The van der Waals surface area contributed by atoms with Crippen LogP contribution in [-0.2, 0) is 17.5 Å². The Kier molecular flexibility index (Phi) is 4.98. The summed E-state index contributed by atoms with van der Waals surface area (Å²) in [6.45, 7) is 2.75. The van der Waals surface area contributed by atoms with Gasteiger partial charge in [-0.05, 0) is 32.0 Å². The molecule has 24 heavy (non-hydrogen) atoms. The zero-order valence-corrected chi connectivity index (χ0v) is 13.5. The molecular formula is C15H13ClF3N3O2. The highest BCUT2D eigenvalue weighted by molar-refractivity contribution is 6.30. The van der Waals surface area contributed by atoms with Crippen LogP contribution < -0.4 is 10.9 Å². The maximum absolute atomic E-state index is 13.0. The maximum Gasteiger partial charge on any atom is 0.418 e. The van der Waals surface area contributed by atoms with Crippen LogP contribution in [0, 0.1) is 13.8 Å². The molecule has 1 aromatic carbocycles. The van der Waals surface area contributed by atoms with Crippen molar-refractivity contribution in [3.63, 3.8) is 0 Å². The lowest BCUT2D eigenvalue weighted by Crippen LogP contribution is -2.30. The van der Waals surface area contributed by atoms with E-state index < -0.39 is 35.4 Å². The van der Waals surface area contributed by atoms with Gasteiger partial charge in [0.05, 0.1) is 17.6 Å². The van der Waals surface area contributed by atoms with E-state index in [4.69, 9.17) is 11.6 Å². The number of carbonyl (C=O) groups is 1. The highest BCUT2D eigenvalue weighted by Crippen LogP contribution is 2.36. The van der Waals surface area contributed by atoms with E-state index in [1.165, 1.54) is 12.4 Å². The topological polar surface area (TPSA) is 64.0 Å². The van der Waals surface area contributed by atoms with Gasteiger partial charge in [-0.15, -0.1) is 0 Å². The molecule has 0 aliphatic carbocycles. The van der Waals surface area contributed by atoms with Gasteiger partial charge in [0.25, 0.3) is 5.56 Å². The molecule has 0 atom stereocenters. The summed E-state index contributed by atoms with van der Waals surface area (Å²) >= 11 is 5.58. The van der Waals surface area contributed by atoms with Crippen LogP contribution in [0.3, 0.4) is 0 Å². The van der Waals surface area contributed by atoms with Gasteiger partial charge >= 0.3 is 6.18 Å². The van der Waals surface area contributed by atoms with Gasteiger partial charge in [-0.2, -0.15) is 13.2 Å². The summed E-state index contributed by atoms with van der Waals surface area (Å²) in [5, 5.41) is 2.05. The summed E-state index contributed by atoms with van der Waals surface area (Å²) in [4.78, 5) is 27.9. The van der Waals surface area contributed by atoms with E-state index >= 15 is 0 Å². The van der Waals surface area contributed by atoms with Crippen molar-refractivity contribution in [2.45, 2.75) is 26.6 Å². The number of nitrogens with one attached hydrogen (secondary N) is 1. The van der Waals surface area contributed by atoms with Gasteiger partial charge in [0.1, 0.15) is 6.54 Å². The monoisotopic (exact) mass is 359 g/mol. The molecule has 0 aliphatic heterocycles. The predicted octanol–water partition coefficient (Wildman–Crippen LogP) is 3.17. The van der Waals surface area contributed by atoms with Crippen LogP contribution in [0.5, 0.6) is 0 Å². The van der Waals surface area contributed by atoms with Crippen molar-refractivity contribution in [1.82, 2.24) is 9.55 Å². The molecule has 128 valence electrons. The number of amides is 1. The number of alkyl halides is 3. The van der Waals surface area contributed by atoms with Crippen LogP contribution in [0.25, 0.3) is 0 Å². The molecule has 1 amide bonds. The van der Waals surface area contributed by atoms with Crippen molar-refractivity contribution < 1.29 is 18.0 Å². The second-order valence-corrected chi connectivity index (χ2v) is 5.56. The lowest BCUT2D eigenvalue weighted by Gasteiger charge is -2.14. The van der Waals surface area contributed by atoms with E-state index in [2.05, 4.69) is 10.3 Å². The van der Waals surface area contributed by atoms with Gasteiger partial charge in [-0.1, -0.05) is 11.6 Å². The third-order valence-corrected chi connectivity index (χ3v) is 3.63. The summed E-state index contributed by atoms with van der Waals surface area (Å²) in [5.74, 6) is -0.782. The fraction of sp³-hybridized carbons (Fsp3) is 0.267. The molecule has 2 aromatic rings. The largest absolute Gasteiger partial charge is 0.418 e. The second kappa shape index (κ2) is 6.64. The summed E-state index contributed by atoms with van der Waals surface area (Å²) in [5.41, 5.74) is -1.03. The number of nitrogens with zero attached hydrogens (tertiary/aromatic N) is 2. The number of anilines is 1. The Labute approximate surface area is 140 Å². The van der Waals surface area contributed by atoms with Gasteiger partial charge in [-0.3, -0.25) is 14.2 Å². The van der Waals surface area contributed by atoms with Crippen LogP contribution in [0.1, 0.15) is 16.8 Å². The van der Waals surface area contributed by atoms with Crippen LogP contribution >= 0.6 is 11.6 Å². The van der Waals surface area contributed by atoms with E-state index in [1.807, 2.05) is 0 Å². The predicted molar refractivity (Wildman–Crippen MR) is 83.1 cm³/mol. The summed E-state index contributed by atoms with van der Waals surface area (Å²) in [6.07, 6.45) is -3.50. The normalized spacial score (nSPS) is 11.4. The first-order valence-corrected chi connectivity index (χ1v) is 7.16. The van der Waals surface area contributed by atoms with E-state index in [-0.39, 0.29) is 5.02 Å². The van der Waals surface area contributed by atoms with Gasteiger partial charge < -0.3 is 5.32 Å². The summed E-state index contributed by atoms with van der Waals surface area (Å²) in [7, 11) is 0. The van der Waals surface area contributed by atoms with Gasteiger partial charge in [0, 0.05) is 16.3 Å². The SMILES string of the molecule is Cc1ncn(CC(=O)Nc2ccc(Cl)cc2C(F)(F)F)c(=O)c1C. The second-order valence-electron chi connectivity index (χ2n) is 5.12. The smallest absolute Gasteiger partial charge is 0.324 e. The van der Waals surface area contributed by atoms with Gasteiger partial charge in [-0.25, -0.2) is 4.98 Å². The number of hydrogen-bond donors (Lipinski definition) is 1. The van der Waals surface area contributed by atoms with Crippen LogP contribution in [0.15, 0.2) is 29.3 Å². The molecule has 0 saturated carbocycles. The first-order valence-electron chi connectivity index (χ1n) is 6.79. The molecule has 2 rings (SSSR count). The standard InChI is InChI=1S/C15H13ClF3N3O2/c1-8-9(2)20-7-22(14(8)24)6-13(23)21-12-4-3-10(16)5-11(12)15(17,18)19/h3-5,7H,6H2,1-2H3,(H,21,23). The van der Waals surface area contributed by atoms with E-state index in [0.717, 1.165) is 16.7 Å². The zero-order chi connectivity index (χ0) is 18.1. The van der Waals surface area contributed by atoms with Crippen LogP contribution in [0.4, 0.5) is 18.9 Å². The first kappa shape index (κ1) is 18.0. The Morgan fingerprint density at radius 2 is 2.00 bits per heavy atom. The Morgan fingerprint density at radius 3 is 2.62 bits per heavy atom. The molecule has 0 fully saturated rings. The number of hydrogen-bond acceptors (Lipinski definition) is 3. The van der Waals surface area contributed by atoms with Crippen molar-refractivity contribution >= 4 is 23.2 Å². The van der Waals surface area contributed by atoms with Gasteiger partial charge in [0.2, 0.25) is 5.91 Å². The van der Waals surface area contributed by atoms with Gasteiger partial charge in [0.15, 0.2) is 0 Å². The van der Waals surface area contributed by atoms with Crippen molar-refractivity contribution in [2.75, 3.05) is 5.32 Å². The molecule has 0 bridgehead atoms. The Balaban J connectivity index is 2.26. The van der Waals surface area contributed by atoms with E-state index in [9.17, 15) is 22.8 Å². The van der Waals surface area contributed by atoms with Crippen LogP contribution in [0.2, 0.25) is 5.02 Å².